The molecule has 1 aliphatic rings. The number of carbonyl (C=O) groups excluding carboxylic acids is 3. The van der Waals surface area contributed by atoms with Crippen molar-refractivity contribution in [2.24, 2.45) is 0 Å². The Morgan fingerprint density at radius 3 is 2.21 bits per heavy atom. The minimum absolute atomic E-state index is 0.0361. The molecule has 5 rings (SSSR count). The standard InChI is InChI=1S/C29H19ClFN3O4/c30-25-26(32-19-8-6-7-18(17-19)27(35)33-24-12-5-4-11-23(24)31)29(37)34(28(25)36)20-13-15-22(16-14-20)38-21-9-2-1-3-10-21/h1-17,32H,(H,33,35). The summed E-state index contributed by atoms with van der Waals surface area (Å²) >= 11 is 6.24. The van der Waals surface area contributed by atoms with Crippen LogP contribution in [0.2, 0.25) is 0 Å². The minimum atomic E-state index is -0.690. The van der Waals surface area contributed by atoms with Gasteiger partial charge in [-0.25, -0.2) is 9.29 Å². The number of amides is 3. The van der Waals surface area contributed by atoms with Gasteiger partial charge in [0.05, 0.1) is 11.4 Å². The molecule has 0 unspecified atom stereocenters. The molecular formula is C29H19ClFN3O4. The molecule has 1 heterocycles. The molecule has 0 spiro atoms. The summed E-state index contributed by atoms with van der Waals surface area (Å²) in [6.45, 7) is 0. The maximum Gasteiger partial charge on any atom is 0.283 e. The molecule has 3 amide bonds. The third-order valence-electron chi connectivity index (χ3n) is 5.62. The fourth-order valence-electron chi connectivity index (χ4n) is 3.77. The van der Waals surface area contributed by atoms with Crippen molar-refractivity contribution in [2.75, 3.05) is 15.5 Å². The Kier molecular flexibility index (Phi) is 6.88. The van der Waals surface area contributed by atoms with Crippen molar-refractivity contribution in [2.45, 2.75) is 0 Å². The Morgan fingerprint density at radius 2 is 1.47 bits per heavy atom. The van der Waals surface area contributed by atoms with Crippen molar-refractivity contribution >= 4 is 46.4 Å². The first-order valence-electron chi connectivity index (χ1n) is 11.5. The molecule has 0 radical (unpaired) electrons. The predicted molar refractivity (Wildman–Crippen MR) is 143 cm³/mol. The fraction of sp³-hybridized carbons (Fsp3) is 0. The highest BCUT2D eigenvalue weighted by atomic mass is 35.5. The van der Waals surface area contributed by atoms with Crippen LogP contribution in [0.4, 0.5) is 21.5 Å². The summed E-state index contributed by atoms with van der Waals surface area (Å²) in [7, 11) is 0. The molecule has 38 heavy (non-hydrogen) atoms. The number of para-hydroxylation sites is 2. The second-order valence-corrected chi connectivity index (χ2v) is 8.56. The minimum Gasteiger partial charge on any atom is -0.457 e. The lowest BCUT2D eigenvalue weighted by molar-refractivity contribution is -0.120. The molecule has 1 aliphatic heterocycles. The fourth-order valence-corrected chi connectivity index (χ4v) is 3.99. The maximum atomic E-state index is 13.9. The molecule has 4 aromatic carbocycles. The first kappa shape index (κ1) is 24.7. The topological polar surface area (TPSA) is 87.7 Å². The van der Waals surface area contributed by atoms with Crippen molar-refractivity contribution in [3.8, 4) is 11.5 Å². The molecule has 9 heteroatoms. The van der Waals surface area contributed by atoms with E-state index in [2.05, 4.69) is 10.6 Å². The van der Waals surface area contributed by atoms with Gasteiger partial charge in [0, 0.05) is 11.3 Å². The third-order valence-corrected chi connectivity index (χ3v) is 5.97. The molecule has 0 fully saturated rings. The largest absolute Gasteiger partial charge is 0.457 e. The van der Waals surface area contributed by atoms with Crippen LogP contribution in [0.1, 0.15) is 10.4 Å². The first-order chi connectivity index (χ1) is 18.4. The van der Waals surface area contributed by atoms with Crippen LogP contribution < -0.4 is 20.3 Å². The van der Waals surface area contributed by atoms with E-state index in [0.717, 1.165) is 4.90 Å². The Morgan fingerprint density at radius 1 is 0.789 bits per heavy atom. The summed E-state index contributed by atoms with van der Waals surface area (Å²) in [5.41, 5.74) is 0.766. The number of benzene rings is 4. The highest BCUT2D eigenvalue weighted by Gasteiger charge is 2.39. The Bertz CT molecular complexity index is 1570. The molecule has 0 saturated carbocycles. The number of rotatable bonds is 7. The van der Waals surface area contributed by atoms with Gasteiger partial charge in [0.2, 0.25) is 0 Å². The van der Waals surface area contributed by atoms with Gasteiger partial charge in [0.1, 0.15) is 28.0 Å². The van der Waals surface area contributed by atoms with Crippen molar-refractivity contribution < 1.29 is 23.5 Å². The van der Waals surface area contributed by atoms with Gasteiger partial charge in [0.25, 0.3) is 17.7 Å². The maximum absolute atomic E-state index is 13.9. The average Bonchev–Trinajstić information content (AvgIpc) is 3.14. The number of ether oxygens (including phenoxy) is 1. The molecule has 7 nitrogen and oxygen atoms in total. The van der Waals surface area contributed by atoms with Gasteiger partial charge < -0.3 is 15.4 Å². The van der Waals surface area contributed by atoms with Crippen molar-refractivity contribution in [1.29, 1.82) is 0 Å². The highest BCUT2D eigenvalue weighted by molar-refractivity contribution is 6.53. The van der Waals surface area contributed by atoms with Crippen LogP contribution >= 0.6 is 11.6 Å². The Labute approximate surface area is 222 Å². The Hall–Kier alpha value is -4.95. The zero-order valence-electron chi connectivity index (χ0n) is 19.7. The van der Waals surface area contributed by atoms with Gasteiger partial charge in [-0.05, 0) is 66.7 Å². The Balaban J connectivity index is 1.30. The van der Waals surface area contributed by atoms with Gasteiger partial charge in [-0.1, -0.05) is 48.0 Å². The number of hydrogen-bond donors (Lipinski definition) is 2. The van der Waals surface area contributed by atoms with Crippen LogP contribution in [-0.2, 0) is 9.59 Å². The van der Waals surface area contributed by atoms with E-state index in [4.69, 9.17) is 16.3 Å². The van der Waals surface area contributed by atoms with E-state index >= 15 is 0 Å². The van der Waals surface area contributed by atoms with Crippen LogP contribution in [0.5, 0.6) is 11.5 Å². The van der Waals surface area contributed by atoms with Crippen LogP contribution in [-0.4, -0.2) is 17.7 Å². The number of halogens is 2. The van der Waals surface area contributed by atoms with Crippen molar-refractivity contribution in [3.63, 3.8) is 0 Å². The lowest BCUT2D eigenvalue weighted by atomic mass is 10.1. The zero-order valence-corrected chi connectivity index (χ0v) is 20.4. The van der Waals surface area contributed by atoms with Crippen LogP contribution in [0.3, 0.4) is 0 Å². The molecule has 0 atom stereocenters. The van der Waals surface area contributed by atoms with Gasteiger partial charge in [-0.2, -0.15) is 0 Å². The number of anilines is 3. The SMILES string of the molecule is O=C(Nc1ccccc1F)c1cccc(NC2=C(Cl)C(=O)N(c3ccc(Oc4ccccc4)cc3)C2=O)c1. The summed E-state index contributed by atoms with van der Waals surface area (Å²) in [5.74, 6) is -1.28. The molecule has 0 saturated heterocycles. The second kappa shape index (κ2) is 10.6. The summed E-state index contributed by atoms with van der Waals surface area (Å²) in [6.07, 6.45) is 0. The smallest absolute Gasteiger partial charge is 0.283 e. The van der Waals surface area contributed by atoms with Crippen molar-refractivity contribution in [1.82, 2.24) is 0 Å². The van der Waals surface area contributed by atoms with E-state index < -0.39 is 23.5 Å². The predicted octanol–water partition coefficient (Wildman–Crippen LogP) is 6.31. The van der Waals surface area contributed by atoms with Gasteiger partial charge >= 0.3 is 0 Å². The number of nitrogens with zero attached hydrogens (tertiary/aromatic N) is 1. The van der Waals surface area contributed by atoms with Crippen molar-refractivity contribution in [3.05, 3.63) is 125 Å². The van der Waals surface area contributed by atoms with E-state index in [9.17, 15) is 18.8 Å². The summed E-state index contributed by atoms with van der Waals surface area (Å²) in [5, 5.41) is 5.05. The average molecular weight is 528 g/mol. The van der Waals surface area contributed by atoms with Gasteiger partial charge in [0.15, 0.2) is 0 Å². The molecule has 0 aliphatic carbocycles. The lowest BCUT2D eigenvalue weighted by Gasteiger charge is -2.16. The number of imide groups is 1. The van der Waals surface area contributed by atoms with E-state index in [1.807, 2.05) is 30.3 Å². The third kappa shape index (κ3) is 5.11. The molecule has 2 N–H and O–H groups in total. The molecule has 0 bridgehead atoms. The van der Waals surface area contributed by atoms with Gasteiger partial charge in [-0.15, -0.1) is 0 Å². The molecular weight excluding hydrogens is 509 g/mol. The molecule has 4 aromatic rings. The first-order valence-corrected chi connectivity index (χ1v) is 11.8. The summed E-state index contributed by atoms with van der Waals surface area (Å²) in [6, 6.07) is 27.6. The number of carbonyl (C=O) groups is 3. The van der Waals surface area contributed by atoms with E-state index in [1.165, 1.54) is 30.3 Å². The van der Waals surface area contributed by atoms with E-state index in [-0.39, 0.29) is 22.0 Å². The second-order valence-electron chi connectivity index (χ2n) is 8.18. The lowest BCUT2D eigenvalue weighted by Crippen LogP contribution is -2.32. The van der Waals surface area contributed by atoms with E-state index in [1.54, 1.807) is 42.5 Å². The monoisotopic (exact) mass is 527 g/mol. The number of hydrogen-bond acceptors (Lipinski definition) is 5. The van der Waals surface area contributed by atoms with Crippen LogP contribution in [0.25, 0.3) is 0 Å². The number of nitrogens with one attached hydrogen (secondary N) is 2. The summed E-state index contributed by atoms with van der Waals surface area (Å²) < 4.78 is 19.7. The molecule has 0 aromatic heterocycles. The highest BCUT2D eigenvalue weighted by Crippen LogP contribution is 2.32. The quantitative estimate of drug-likeness (QED) is 0.275. The van der Waals surface area contributed by atoms with Crippen LogP contribution in [0, 0.1) is 5.82 Å². The normalized spacial score (nSPS) is 13.1. The van der Waals surface area contributed by atoms with E-state index in [0.29, 0.717) is 22.9 Å². The molecule has 188 valence electrons. The van der Waals surface area contributed by atoms with Gasteiger partial charge in [-0.3, -0.25) is 14.4 Å². The zero-order chi connectivity index (χ0) is 26.6. The van der Waals surface area contributed by atoms with Crippen LogP contribution in [0.15, 0.2) is 114 Å². The summed E-state index contributed by atoms with van der Waals surface area (Å²) in [4.78, 5) is 39.6.